The summed E-state index contributed by atoms with van der Waals surface area (Å²) < 4.78 is 11.5. The highest BCUT2D eigenvalue weighted by atomic mass is 32.1. The molecular weight excluding hydrogens is 484 g/mol. The van der Waals surface area contributed by atoms with Gasteiger partial charge in [-0.25, -0.2) is 9.97 Å². The molecule has 0 aliphatic heterocycles. The van der Waals surface area contributed by atoms with E-state index in [1.807, 2.05) is 41.5 Å². The minimum absolute atomic E-state index is 0.257. The number of hydrogen-bond acceptors (Lipinski definition) is 12. The Balaban J connectivity index is 1.93. The number of nitrogen functional groups attached to an aromatic ring is 1. The first-order valence-corrected chi connectivity index (χ1v) is 12.3. The van der Waals surface area contributed by atoms with E-state index in [1.54, 1.807) is 13.8 Å². The first-order chi connectivity index (χ1) is 16.3. The van der Waals surface area contributed by atoms with Crippen LogP contribution in [0.25, 0.3) is 10.3 Å². The number of aryl methyl sites for hydroxylation is 2. The van der Waals surface area contributed by atoms with Crippen molar-refractivity contribution in [1.82, 2.24) is 38.3 Å². The van der Waals surface area contributed by atoms with Crippen LogP contribution >= 0.6 is 23.1 Å². The van der Waals surface area contributed by atoms with Gasteiger partial charge in [-0.1, -0.05) is 41.5 Å². The molecule has 182 valence electrons. The van der Waals surface area contributed by atoms with E-state index in [0.29, 0.717) is 44.6 Å². The second kappa shape index (κ2) is 8.58. The topological polar surface area (TPSA) is 162 Å². The average molecular weight is 511 g/mol. The number of rotatable bonds is 4. The van der Waals surface area contributed by atoms with E-state index >= 15 is 0 Å². The maximum absolute atomic E-state index is 10.0. The van der Waals surface area contributed by atoms with Crippen LogP contribution in [0.4, 0.5) is 17.3 Å². The summed E-state index contributed by atoms with van der Waals surface area (Å²) in [5, 5.41) is 29.4. The monoisotopic (exact) mass is 510 g/mol. The molecule has 0 radical (unpaired) electrons. The molecule has 4 rings (SSSR count). The Labute approximate surface area is 210 Å². The molecule has 0 atom stereocenters. The van der Waals surface area contributed by atoms with Crippen LogP contribution in [0.2, 0.25) is 0 Å². The van der Waals surface area contributed by atoms with Crippen molar-refractivity contribution in [2.24, 2.45) is 10.2 Å². The average Bonchev–Trinajstić information content (AvgIpc) is 3.51. The molecule has 0 fully saturated rings. The molecule has 0 aromatic carbocycles. The first kappa shape index (κ1) is 24.6. The van der Waals surface area contributed by atoms with Gasteiger partial charge in [-0.05, 0) is 13.8 Å². The molecule has 0 saturated carbocycles. The summed E-state index contributed by atoms with van der Waals surface area (Å²) in [5.74, 6) is 1.77. The summed E-state index contributed by atoms with van der Waals surface area (Å²) in [6.07, 6.45) is 0. The van der Waals surface area contributed by atoms with Gasteiger partial charge in [0.2, 0.25) is 10.3 Å². The third-order valence-corrected chi connectivity index (χ3v) is 6.50. The number of azo groups is 1. The second-order valence-electron chi connectivity index (χ2n) is 10.0. The van der Waals surface area contributed by atoms with Crippen molar-refractivity contribution < 1.29 is 0 Å². The zero-order valence-corrected chi connectivity index (χ0v) is 22.4. The lowest BCUT2D eigenvalue weighted by atomic mass is 9.90. The van der Waals surface area contributed by atoms with Crippen LogP contribution in [0.1, 0.15) is 70.1 Å². The molecule has 4 aromatic rings. The number of anilines is 1. The van der Waals surface area contributed by atoms with Gasteiger partial charge >= 0.3 is 0 Å². The highest BCUT2D eigenvalue weighted by molar-refractivity contribution is 7.08. The van der Waals surface area contributed by atoms with Crippen LogP contribution in [0.5, 0.6) is 0 Å². The zero-order valence-electron chi connectivity index (χ0n) is 20.8. The molecule has 4 aromatic heterocycles. The predicted molar refractivity (Wildman–Crippen MR) is 134 cm³/mol. The van der Waals surface area contributed by atoms with E-state index in [9.17, 15) is 5.26 Å². The Hall–Kier alpha value is -3.57. The number of aromatic nitrogens is 8. The molecule has 0 unspecified atom stereocenters. The molecule has 0 amide bonds. The number of hydrogen-bond donors (Lipinski definition) is 1. The maximum Gasteiger partial charge on any atom is 0.232 e. The summed E-state index contributed by atoms with van der Waals surface area (Å²) in [6.45, 7) is 15.6. The van der Waals surface area contributed by atoms with Gasteiger partial charge in [0, 0.05) is 33.9 Å². The van der Waals surface area contributed by atoms with Gasteiger partial charge in [-0.3, -0.25) is 0 Å². The maximum atomic E-state index is 10.0. The number of nitrogens with zero attached hydrogens (tertiary/aromatic N) is 11. The lowest BCUT2D eigenvalue weighted by Gasteiger charge is -2.15. The van der Waals surface area contributed by atoms with E-state index in [0.717, 1.165) is 0 Å². The van der Waals surface area contributed by atoms with Gasteiger partial charge in [0.15, 0.2) is 17.3 Å². The molecule has 0 bridgehead atoms. The van der Waals surface area contributed by atoms with E-state index in [-0.39, 0.29) is 11.6 Å². The summed E-state index contributed by atoms with van der Waals surface area (Å²) >= 11 is 2.36. The van der Waals surface area contributed by atoms with E-state index in [1.165, 1.54) is 32.4 Å². The summed E-state index contributed by atoms with van der Waals surface area (Å²) in [5.41, 5.74) is 7.62. The van der Waals surface area contributed by atoms with E-state index < -0.39 is 10.8 Å². The van der Waals surface area contributed by atoms with Crippen LogP contribution in [0, 0.1) is 25.2 Å². The molecule has 0 spiro atoms. The van der Waals surface area contributed by atoms with Gasteiger partial charge in [0.25, 0.3) is 0 Å². The van der Waals surface area contributed by atoms with Crippen molar-refractivity contribution in [3.8, 4) is 16.3 Å². The zero-order chi connectivity index (χ0) is 25.7. The Morgan fingerprint density at radius 2 is 1.34 bits per heavy atom. The fourth-order valence-corrected chi connectivity index (χ4v) is 4.55. The summed E-state index contributed by atoms with van der Waals surface area (Å²) in [7, 11) is 0. The molecule has 4 heterocycles. The van der Waals surface area contributed by atoms with Gasteiger partial charge in [0.05, 0.1) is 11.4 Å². The third kappa shape index (κ3) is 4.56. The standard InChI is InChI=1S/C21H26N12S2/c1-10-24-18(34-30-10)32-16(23)13(15(29-32)21(6,7)8)26-27-17-12(9-22)14(20(3,4)5)28-33(17)19-25-11(2)31-35-19/h23H2,1-8H3. The quantitative estimate of drug-likeness (QED) is 0.381. The fraction of sp³-hybridized carbons (Fsp3) is 0.476. The summed E-state index contributed by atoms with van der Waals surface area (Å²) in [4.78, 5) is 8.82. The molecule has 12 nitrogen and oxygen atoms in total. The Bertz CT molecular complexity index is 1460. The van der Waals surface area contributed by atoms with E-state index in [4.69, 9.17) is 5.73 Å². The predicted octanol–water partition coefficient (Wildman–Crippen LogP) is 4.84. The minimum atomic E-state index is -0.406. The van der Waals surface area contributed by atoms with Crippen molar-refractivity contribution in [3.63, 3.8) is 0 Å². The lowest BCUT2D eigenvalue weighted by Crippen LogP contribution is -2.14. The van der Waals surface area contributed by atoms with Gasteiger partial charge in [-0.15, -0.1) is 10.2 Å². The SMILES string of the molecule is Cc1nsc(-n2nc(C(C)(C)C)c(N=Nc3c(C#N)c(C(C)(C)C)nn3-c3nc(C)ns3)c2N)n1. The molecule has 0 saturated heterocycles. The highest BCUT2D eigenvalue weighted by Gasteiger charge is 2.31. The molecule has 2 N–H and O–H groups in total. The van der Waals surface area contributed by atoms with Crippen molar-refractivity contribution in [1.29, 1.82) is 5.26 Å². The van der Waals surface area contributed by atoms with Crippen molar-refractivity contribution in [2.45, 2.75) is 66.2 Å². The van der Waals surface area contributed by atoms with Gasteiger partial charge in [-0.2, -0.15) is 33.6 Å². The van der Waals surface area contributed by atoms with Crippen LogP contribution in [-0.4, -0.2) is 38.3 Å². The number of nitrogens with two attached hydrogens (primary N) is 1. The Kier molecular flexibility index (Phi) is 6.02. The molecule has 14 heteroatoms. The normalized spacial score (nSPS) is 12.5. The fourth-order valence-electron chi connectivity index (χ4n) is 3.28. The third-order valence-electron chi connectivity index (χ3n) is 4.93. The largest absolute Gasteiger partial charge is 0.382 e. The first-order valence-electron chi connectivity index (χ1n) is 10.8. The molecule has 0 aliphatic carbocycles. The molecular formula is C21H26N12S2. The van der Waals surface area contributed by atoms with Crippen molar-refractivity contribution >= 4 is 40.4 Å². The summed E-state index contributed by atoms with van der Waals surface area (Å²) in [6, 6.07) is 2.25. The van der Waals surface area contributed by atoms with Crippen LogP contribution in [-0.2, 0) is 10.8 Å². The molecule has 0 aliphatic rings. The Morgan fingerprint density at radius 1 is 0.829 bits per heavy atom. The smallest absolute Gasteiger partial charge is 0.232 e. The van der Waals surface area contributed by atoms with E-state index in [2.05, 4.69) is 45.2 Å². The number of nitriles is 1. The van der Waals surface area contributed by atoms with Gasteiger partial charge in [0.1, 0.15) is 23.3 Å². The lowest BCUT2D eigenvalue weighted by molar-refractivity contribution is 0.558. The van der Waals surface area contributed by atoms with Crippen LogP contribution in [0.15, 0.2) is 10.2 Å². The molecule has 35 heavy (non-hydrogen) atoms. The van der Waals surface area contributed by atoms with Crippen LogP contribution in [0.3, 0.4) is 0 Å². The highest BCUT2D eigenvalue weighted by Crippen LogP contribution is 2.39. The minimum Gasteiger partial charge on any atom is -0.382 e. The van der Waals surface area contributed by atoms with Crippen LogP contribution < -0.4 is 5.73 Å². The van der Waals surface area contributed by atoms with Crippen molar-refractivity contribution in [2.75, 3.05) is 5.73 Å². The second-order valence-corrected chi connectivity index (χ2v) is 11.5. The van der Waals surface area contributed by atoms with Gasteiger partial charge < -0.3 is 5.73 Å². The van der Waals surface area contributed by atoms with Crippen molar-refractivity contribution in [3.05, 3.63) is 28.6 Å². The Morgan fingerprint density at radius 3 is 1.80 bits per heavy atom.